The second-order valence-corrected chi connectivity index (χ2v) is 11.6. The van der Waals surface area contributed by atoms with Gasteiger partial charge in [-0.3, -0.25) is 0 Å². The summed E-state index contributed by atoms with van der Waals surface area (Å²) >= 11 is 0. The van der Waals surface area contributed by atoms with Crippen LogP contribution >= 0.6 is 0 Å². The quantitative estimate of drug-likeness (QED) is 0.195. The molecule has 10 heteroatoms. The highest BCUT2D eigenvalue weighted by Crippen LogP contribution is 2.29. The highest BCUT2D eigenvalue weighted by atomic mass is 32.2. The lowest BCUT2D eigenvalue weighted by molar-refractivity contribution is 0.262. The molecule has 3 aromatic carbocycles. The Hall–Kier alpha value is -4.44. The average molecular weight is 542 g/mol. The first kappa shape index (κ1) is 26.2. The Balaban J connectivity index is 1.33. The summed E-state index contributed by atoms with van der Waals surface area (Å²) in [6.45, 7) is 2.69. The summed E-state index contributed by atoms with van der Waals surface area (Å²) in [5, 5.41) is 12.3. The molecule has 0 aliphatic carbocycles. The van der Waals surface area contributed by atoms with E-state index in [0.717, 1.165) is 35.2 Å². The van der Waals surface area contributed by atoms with Gasteiger partial charge in [0.25, 0.3) is 0 Å². The van der Waals surface area contributed by atoms with Crippen LogP contribution in [0.3, 0.4) is 0 Å². The molecule has 0 saturated heterocycles. The maximum Gasteiger partial charge on any atom is 0.323 e. The predicted octanol–water partition coefficient (Wildman–Crippen LogP) is 6.70. The first-order valence-electron chi connectivity index (χ1n) is 12.9. The molecule has 0 spiro atoms. The van der Waals surface area contributed by atoms with E-state index < -0.39 is 9.73 Å². The highest BCUT2D eigenvalue weighted by Gasteiger charge is 2.15. The maximum absolute atomic E-state index is 12.9. The molecule has 1 unspecified atom stereocenters. The highest BCUT2D eigenvalue weighted by molar-refractivity contribution is 7.92. The Morgan fingerprint density at radius 3 is 2.62 bits per heavy atom. The van der Waals surface area contributed by atoms with E-state index in [1.54, 1.807) is 24.4 Å². The molecule has 5 rings (SSSR count). The number of carbonyl (C=O) groups excluding carboxylic acids is 1. The number of hydrogen-bond acceptors (Lipinski definition) is 7. The van der Waals surface area contributed by atoms with Crippen LogP contribution in [0.4, 0.5) is 33.6 Å². The molecular weight excluding hydrogens is 510 g/mol. The van der Waals surface area contributed by atoms with Crippen molar-refractivity contribution >= 4 is 44.6 Å². The summed E-state index contributed by atoms with van der Waals surface area (Å²) in [5.41, 5.74) is 4.96. The Morgan fingerprint density at radius 1 is 1.00 bits per heavy atom. The summed E-state index contributed by atoms with van der Waals surface area (Å²) in [7, 11) is -2.86. The molecule has 1 aromatic heterocycles. The van der Waals surface area contributed by atoms with Gasteiger partial charge in [0.15, 0.2) is 0 Å². The van der Waals surface area contributed by atoms with Crippen LogP contribution in [-0.2, 0) is 16.1 Å². The topological polar surface area (TPSA) is 132 Å². The van der Waals surface area contributed by atoms with Gasteiger partial charge in [-0.05, 0) is 72.9 Å². The molecule has 9 nitrogen and oxygen atoms in total. The third kappa shape index (κ3) is 6.53. The van der Waals surface area contributed by atoms with Crippen molar-refractivity contribution in [2.24, 2.45) is 0 Å². The fourth-order valence-electron chi connectivity index (χ4n) is 4.35. The van der Waals surface area contributed by atoms with Gasteiger partial charge in [0.2, 0.25) is 5.95 Å². The van der Waals surface area contributed by atoms with Crippen LogP contribution in [0.2, 0.25) is 0 Å². The summed E-state index contributed by atoms with van der Waals surface area (Å²) < 4.78 is 21.3. The minimum Gasteiger partial charge on any atom is -0.369 e. The van der Waals surface area contributed by atoms with Crippen molar-refractivity contribution in [1.82, 2.24) is 9.97 Å². The summed E-state index contributed by atoms with van der Waals surface area (Å²) in [6.07, 6.45) is 4.06. The van der Waals surface area contributed by atoms with E-state index >= 15 is 0 Å². The van der Waals surface area contributed by atoms with Crippen molar-refractivity contribution in [2.45, 2.75) is 31.1 Å². The van der Waals surface area contributed by atoms with Crippen molar-refractivity contribution in [3.05, 3.63) is 84.6 Å². The van der Waals surface area contributed by atoms with E-state index in [9.17, 15) is 9.00 Å². The molecular formula is C29H31N7O2S. The van der Waals surface area contributed by atoms with Gasteiger partial charge in [-0.2, -0.15) is 4.98 Å². The number of aryl methyl sites for hydroxylation is 1. The van der Waals surface area contributed by atoms with E-state index in [1.807, 2.05) is 54.6 Å². The van der Waals surface area contributed by atoms with Crippen molar-refractivity contribution in [2.75, 3.05) is 33.6 Å². The van der Waals surface area contributed by atoms with Crippen molar-refractivity contribution in [1.29, 1.82) is 4.78 Å². The average Bonchev–Trinajstić information content (AvgIpc) is 2.94. The minimum atomic E-state index is -2.86. The van der Waals surface area contributed by atoms with Gasteiger partial charge >= 0.3 is 6.03 Å². The van der Waals surface area contributed by atoms with E-state index in [2.05, 4.69) is 33.2 Å². The molecule has 1 aliphatic heterocycles. The zero-order valence-electron chi connectivity index (χ0n) is 21.7. The Kier molecular flexibility index (Phi) is 7.74. The lowest BCUT2D eigenvalue weighted by atomic mass is 10.1. The van der Waals surface area contributed by atoms with Gasteiger partial charge in [0, 0.05) is 46.0 Å². The van der Waals surface area contributed by atoms with Gasteiger partial charge < -0.3 is 21.3 Å². The lowest BCUT2D eigenvalue weighted by Gasteiger charge is -2.14. The van der Waals surface area contributed by atoms with E-state index in [-0.39, 0.29) is 6.03 Å². The van der Waals surface area contributed by atoms with E-state index in [0.29, 0.717) is 46.8 Å². The zero-order valence-corrected chi connectivity index (χ0v) is 22.5. The molecule has 0 saturated carbocycles. The number of rotatable bonds is 4. The third-order valence-electron chi connectivity index (χ3n) is 6.46. The van der Waals surface area contributed by atoms with Crippen molar-refractivity contribution < 1.29 is 9.00 Å². The molecule has 1 atom stereocenters. The number of urea groups is 1. The number of hydrogen-bond donors (Lipinski definition) is 5. The molecule has 2 amide bonds. The van der Waals surface area contributed by atoms with Gasteiger partial charge in [0.1, 0.15) is 5.82 Å². The van der Waals surface area contributed by atoms with Crippen LogP contribution in [0.5, 0.6) is 0 Å². The van der Waals surface area contributed by atoms with Gasteiger partial charge in [-0.25, -0.2) is 18.8 Å². The first-order chi connectivity index (χ1) is 18.9. The predicted molar refractivity (Wildman–Crippen MR) is 157 cm³/mol. The maximum atomic E-state index is 12.9. The van der Waals surface area contributed by atoms with Crippen molar-refractivity contribution in [3.63, 3.8) is 0 Å². The van der Waals surface area contributed by atoms with E-state index in [4.69, 9.17) is 9.76 Å². The molecule has 0 fully saturated rings. The van der Waals surface area contributed by atoms with Crippen LogP contribution in [-0.4, -0.2) is 32.5 Å². The van der Waals surface area contributed by atoms with Gasteiger partial charge in [0.05, 0.1) is 9.73 Å². The standard InChI is InChI=1S/C29H31N7O2S/c1-2-20-7-5-8-23(17-20)35-29(37)34-22-13-11-21(12-14-22)26-19-32-28-33-24-9-6-10-25(18-24)39(30,38)16-4-3-15-31-27(26)36-28/h5-14,17-19,30H,2-4,15-16H2,1H3,(H2,34,35,37)(H2,31,32,33,36). The lowest BCUT2D eigenvalue weighted by Crippen LogP contribution is -2.19. The normalized spacial score (nSPS) is 16.8. The fraction of sp³-hybridized carbons (Fsp3) is 0.207. The molecule has 39 heavy (non-hydrogen) atoms. The van der Waals surface area contributed by atoms with E-state index in [1.165, 1.54) is 0 Å². The number of aromatic nitrogens is 2. The number of amides is 2. The number of benzene rings is 3. The summed E-state index contributed by atoms with van der Waals surface area (Å²) in [6, 6.07) is 22.1. The molecule has 4 bridgehead atoms. The number of fused-ring (bicyclic) bond motifs is 4. The summed E-state index contributed by atoms with van der Waals surface area (Å²) in [4.78, 5) is 22.2. The van der Waals surface area contributed by atoms with Gasteiger partial charge in [-0.15, -0.1) is 0 Å². The number of anilines is 5. The molecule has 200 valence electrons. The van der Waals surface area contributed by atoms with Crippen LogP contribution in [0, 0.1) is 4.78 Å². The SMILES string of the molecule is CCc1cccc(NC(=O)Nc2ccc(-c3cnc4nc3NCCCCS(=N)(=O)c3cccc(c3)N4)cc2)c1. The van der Waals surface area contributed by atoms with Crippen LogP contribution in [0.25, 0.3) is 11.1 Å². The largest absolute Gasteiger partial charge is 0.369 e. The van der Waals surface area contributed by atoms with Gasteiger partial charge in [-0.1, -0.05) is 37.3 Å². The third-order valence-corrected chi connectivity index (χ3v) is 8.34. The Labute approximate surface area is 228 Å². The Morgan fingerprint density at radius 2 is 1.79 bits per heavy atom. The Bertz CT molecular complexity index is 1590. The molecule has 2 heterocycles. The number of nitrogens with one attached hydrogen (secondary N) is 5. The smallest absolute Gasteiger partial charge is 0.323 e. The van der Waals surface area contributed by atoms with Crippen LogP contribution in [0.15, 0.2) is 83.9 Å². The van der Waals surface area contributed by atoms with Crippen LogP contribution < -0.4 is 21.3 Å². The molecule has 1 aliphatic rings. The zero-order chi connectivity index (χ0) is 27.2. The number of carbonyl (C=O) groups is 1. The summed E-state index contributed by atoms with van der Waals surface area (Å²) in [5.74, 6) is 1.38. The second-order valence-electron chi connectivity index (χ2n) is 9.33. The monoisotopic (exact) mass is 541 g/mol. The molecule has 5 N–H and O–H groups in total. The second kappa shape index (κ2) is 11.5. The fourth-order valence-corrected chi connectivity index (χ4v) is 5.81. The molecule has 0 radical (unpaired) electrons. The number of nitrogens with zero attached hydrogens (tertiary/aromatic N) is 2. The van der Waals surface area contributed by atoms with Crippen molar-refractivity contribution in [3.8, 4) is 11.1 Å². The molecule has 4 aromatic rings. The minimum absolute atomic E-state index is 0.306. The first-order valence-corrected chi connectivity index (χ1v) is 14.6. The van der Waals surface area contributed by atoms with Crippen LogP contribution in [0.1, 0.15) is 25.3 Å².